The molecule has 0 unspecified atom stereocenters. The van der Waals surface area contributed by atoms with Crippen LogP contribution in [0.1, 0.15) is 41.0 Å². The van der Waals surface area contributed by atoms with E-state index in [4.69, 9.17) is 15.2 Å². The number of rotatable bonds is 8. The molecule has 1 rings (SSSR count). The third-order valence-electron chi connectivity index (χ3n) is 2.93. The number of nitrogens with two attached hydrogens (primary N) is 1. The van der Waals surface area contributed by atoms with Crippen LogP contribution in [0.2, 0.25) is 0 Å². The van der Waals surface area contributed by atoms with Crippen LogP contribution < -0.4 is 16.4 Å². The summed E-state index contributed by atoms with van der Waals surface area (Å²) in [6.07, 6.45) is 0.399. The van der Waals surface area contributed by atoms with Gasteiger partial charge in [0.05, 0.1) is 11.4 Å². The smallest absolute Gasteiger partial charge is 0.412 e. The number of anilines is 3. The van der Waals surface area contributed by atoms with Crippen molar-refractivity contribution in [3.63, 3.8) is 0 Å². The first-order valence-electron chi connectivity index (χ1n) is 8.38. The van der Waals surface area contributed by atoms with Gasteiger partial charge in [-0.05, 0) is 51.3 Å². The molecule has 0 saturated heterocycles. The highest BCUT2D eigenvalue weighted by Crippen LogP contribution is 2.23. The van der Waals surface area contributed by atoms with Gasteiger partial charge >= 0.3 is 6.09 Å². The van der Waals surface area contributed by atoms with E-state index < -0.39 is 11.7 Å². The maximum absolute atomic E-state index is 11.8. The van der Waals surface area contributed by atoms with Gasteiger partial charge in [0.15, 0.2) is 0 Å². The van der Waals surface area contributed by atoms with Gasteiger partial charge in [0.1, 0.15) is 5.60 Å². The molecule has 0 atom stereocenters. The minimum atomic E-state index is -0.533. The van der Waals surface area contributed by atoms with Crippen LogP contribution in [0.4, 0.5) is 21.9 Å². The van der Waals surface area contributed by atoms with Crippen LogP contribution >= 0.6 is 0 Å². The number of carbonyl (C=O) groups excluding carboxylic acids is 1. The van der Waals surface area contributed by atoms with Gasteiger partial charge in [0.25, 0.3) is 0 Å². The molecule has 1 amide bonds. The van der Waals surface area contributed by atoms with Gasteiger partial charge in [-0.25, -0.2) is 4.79 Å². The standard InChI is InChI=1S/C18H31N3O3/c1-13(2)12-23-10-6-9-20-16-11-14(7-8-15(16)19)21-17(22)24-18(3,4)5/h7-8,11,13,20H,6,9-10,12,19H2,1-5H3,(H,21,22). The summed E-state index contributed by atoms with van der Waals surface area (Å²) in [5, 5.41) is 5.97. The van der Waals surface area contributed by atoms with Crippen LogP contribution in [0.3, 0.4) is 0 Å². The Kier molecular flexibility index (Phi) is 7.85. The summed E-state index contributed by atoms with van der Waals surface area (Å²) in [7, 11) is 0. The minimum Gasteiger partial charge on any atom is -0.444 e. The molecule has 0 radical (unpaired) electrons. The fourth-order valence-corrected chi connectivity index (χ4v) is 1.92. The number of nitrogens with one attached hydrogen (secondary N) is 2. The summed E-state index contributed by atoms with van der Waals surface area (Å²) >= 11 is 0. The van der Waals surface area contributed by atoms with E-state index >= 15 is 0 Å². The number of benzene rings is 1. The normalized spacial score (nSPS) is 11.4. The van der Waals surface area contributed by atoms with E-state index in [1.807, 2.05) is 20.8 Å². The van der Waals surface area contributed by atoms with Gasteiger partial charge in [-0.1, -0.05) is 13.8 Å². The zero-order valence-corrected chi connectivity index (χ0v) is 15.4. The molecule has 0 heterocycles. The Hall–Kier alpha value is -1.95. The minimum absolute atomic E-state index is 0.486. The van der Waals surface area contributed by atoms with E-state index in [1.165, 1.54) is 0 Å². The van der Waals surface area contributed by atoms with Crippen molar-refractivity contribution in [2.24, 2.45) is 5.92 Å². The summed E-state index contributed by atoms with van der Waals surface area (Å²) < 4.78 is 10.8. The maximum atomic E-state index is 11.8. The number of hydrogen-bond acceptors (Lipinski definition) is 5. The third kappa shape index (κ3) is 8.62. The van der Waals surface area contributed by atoms with Crippen LogP contribution in [0, 0.1) is 5.92 Å². The second kappa shape index (κ2) is 9.37. The van der Waals surface area contributed by atoms with Crippen molar-refractivity contribution in [3.05, 3.63) is 18.2 Å². The number of carbonyl (C=O) groups is 1. The van der Waals surface area contributed by atoms with Gasteiger partial charge in [-0.15, -0.1) is 0 Å². The largest absolute Gasteiger partial charge is 0.444 e. The van der Waals surface area contributed by atoms with E-state index in [0.29, 0.717) is 23.9 Å². The van der Waals surface area contributed by atoms with Crippen LogP contribution in [0.5, 0.6) is 0 Å². The Morgan fingerprint density at radius 2 is 2.00 bits per heavy atom. The van der Waals surface area contributed by atoms with Gasteiger partial charge in [0.2, 0.25) is 0 Å². The van der Waals surface area contributed by atoms with E-state index in [0.717, 1.165) is 25.3 Å². The predicted molar refractivity (Wildman–Crippen MR) is 99.5 cm³/mol. The first-order valence-corrected chi connectivity index (χ1v) is 8.38. The van der Waals surface area contributed by atoms with Crippen LogP contribution in [0.25, 0.3) is 0 Å². The summed E-state index contributed by atoms with van der Waals surface area (Å²) in [5.41, 5.74) is 7.49. The summed E-state index contributed by atoms with van der Waals surface area (Å²) in [6, 6.07) is 5.30. The van der Waals surface area contributed by atoms with E-state index in [9.17, 15) is 4.79 Å². The number of amides is 1. The van der Waals surface area contributed by atoms with E-state index in [-0.39, 0.29) is 0 Å². The Balaban J connectivity index is 2.46. The number of ether oxygens (including phenoxy) is 2. The maximum Gasteiger partial charge on any atom is 0.412 e. The zero-order valence-electron chi connectivity index (χ0n) is 15.4. The topological polar surface area (TPSA) is 85.6 Å². The summed E-state index contributed by atoms with van der Waals surface area (Å²) in [4.78, 5) is 11.8. The fraction of sp³-hybridized carbons (Fsp3) is 0.611. The first kappa shape index (κ1) is 20.1. The summed E-state index contributed by atoms with van der Waals surface area (Å²) in [6.45, 7) is 12.0. The molecule has 24 heavy (non-hydrogen) atoms. The van der Waals surface area contributed by atoms with Crippen molar-refractivity contribution in [1.29, 1.82) is 0 Å². The first-order chi connectivity index (χ1) is 11.2. The fourth-order valence-electron chi connectivity index (χ4n) is 1.92. The van der Waals surface area contributed by atoms with Crippen molar-refractivity contribution in [2.45, 2.75) is 46.6 Å². The lowest BCUT2D eigenvalue weighted by Gasteiger charge is -2.20. The molecule has 1 aromatic rings. The lowest BCUT2D eigenvalue weighted by molar-refractivity contribution is 0.0636. The zero-order chi connectivity index (χ0) is 18.2. The number of hydrogen-bond donors (Lipinski definition) is 3. The Morgan fingerprint density at radius 3 is 2.62 bits per heavy atom. The van der Waals surface area contributed by atoms with Crippen molar-refractivity contribution < 1.29 is 14.3 Å². The van der Waals surface area contributed by atoms with Crippen LogP contribution in [-0.2, 0) is 9.47 Å². The van der Waals surface area contributed by atoms with Crippen molar-refractivity contribution in [2.75, 3.05) is 36.1 Å². The van der Waals surface area contributed by atoms with Crippen LogP contribution in [0.15, 0.2) is 18.2 Å². The highest BCUT2D eigenvalue weighted by molar-refractivity contribution is 5.87. The second-order valence-electron chi connectivity index (χ2n) is 7.18. The molecule has 0 bridgehead atoms. The van der Waals surface area contributed by atoms with Gasteiger partial charge < -0.3 is 20.5 Å². The molecule has 6 nitrogen and oxygen atoms in total. The van der Waals surface area contributed by atoms with Crippen molar-refractivity contribution in [1.82, 2.24) is 0 Å². The van der Waals surface area contributed by atoms with E-state index in [1.54, 1.807) is 18.2 Å². The molecule has 0 aliphatic rings. The molecule has 1 aromatic carbocycles. The third-order valence-corrected chi connectivity index (χ3v) is 2.93. The van der Waals surface area contributed by atoms with Crippen LogP contribution in [-0.4, -0.2) is 31.5 Å². The highest BCUT2D eigenvalue weighted by Gasteiger charge is 2.16. The Morgan fingerprint density at radius 1 is 1.29 bits per heavy atom. The lowest BCUT2D eigenvalue weighted by Crippen LogP contribution is -2.27. The molecule has 0 aliphatic heterocycles. The van der Waals surface area contributed by atoms with Crippen molar-refractivity contribution in [3.8, 4) is 0 Å². The average molecular weight is 337 g/mol. The quantitative estimate of drug-likeness (QED) is 0.491. The molecule has 4 N–H and O–H groups in total. The van der Waals surface area contributed by atoms with E-state index in [2.05, 4.69) is 24.5 Å². The monoisotopic (exact) mass is 337 g/mol. The molecule has 6 heteroatoms. The molecule has 0 aromatic heterocycles. The van der Waals surface area contributed by atoms with Gasteiger partial charge in [-0.2, -0.15) is 0 Å². The predicted octanol–water partition coefficient (Wildman–Crippen LogP) is 4.09. The molecule has 136 valence electrons. The average Bonchev–Trinajstić information content (AvgIpc) is 2.43. The van der Waals surface area contributed by atoms with Gasteiger partial charge in [-0.3, -0.25) is 5.32 Å². The molecule has 0 saturated carbocycles. The van der Waals surface area contributed by atoms with Gasteiger partial charge in [0, 0.05) is 25.4 Å². The SMILES string of the molecule is CC(C)COCCCNc1cc(NC(=O)OC(C)(C)C)ccc1N. The summed E-state index contributed by atoms with van der Waals surface area (Å²) in [5.74, 6) is 0.546. The Labute approximate surface area is 145 Å². The molecule has 0 aliphatic carbocycles. The molecular formula is C18H31N3O3. The highest BCUT2D eigenvalue weighted by atomic mass is 16.6. The molecule has 0 fully saturated rings. The molecule has 0 spiro atoms. The van der Waals surface area contributed by atoms with Crippen molar-refractivity contribution >= 4 is 23.2 Å². The second-order valence-corrected chi connectivity index (χ2v) is 7.18. The molecular weight excluding hydrogens is 306 g/mol. The number of nitrogen functional groups attached to an aromatic ring is 1. The Bertz CT molecular complexity index is 525. The lowest BCUT2D eigenvalue weighted by atomic mass is 10.2.